The molecule has 0 radical (unpaired) electrons. The van der Waals surface area contributed by atoms with Crippen LogP contribution in [0.2, 0.25) is 5.02 Å². The highest BCUT2D eigenvalue weighted by Gasteiger charge is 2.45. The first kappa shape index (κ1) is 26.3. The van der Waals surface area contributed by atoms with Crippen LogP contribution in [-0.4, -0.2) is 54.4 Å². The number of benzene rings is 2. The number of rotatable bonds is 7. The largest absolute Gasteiger partial charge is 0.506 e. The Bertz CT molecular complexity index is 1420. The number of hydrogen-bond acceptors (Lipinski definition) is 9. The minimum Gasteiger partial charge on any atom is -0.506 e. The first-order valence-corrected chi connectivity index (χ1v) is 15.4. The van der Waals surface area contributed by atoms with Gasteiger partial charge in [-0.15, -0.1) is 0 Å². The van der Waals surface area contributed by atoms with E-state index in [-0.39, 0.29) is 17.1 Å². The van der Waals surface area contributed by atoms with Gasteiger partial charge in [0.05, 0.1) is 30.4 Å². The Balaban J connectivity index is 1.36. The van der Waals surface area contributed by atoms with Crippen molar-refractivity contribution < 1.29 is 19.2 Å². The molecule has 2 fully saturated rings. The first-order chi connectivity index (χ1) is 18.1. The molecule has 1 aliphatic heterocycles. The van der Waals surface area contributed by atoms with E-state index in [0.29, 0.717) is 57.6 Å². The van der Waals surface area contributed by atoms with Gasteiger partial charge in [0.1, 0.15) is 29.4 Å². The standard InChI is InChI=1S/C27H31ClN5O4P/c1-37-23-13-21(33-15-27(16-33)10-8-17(34)9-11-27)22(35)12-20(23)31-26-29-14-18(28)25(32-26)30-19-6-4-5-7-24(19)38(2,3)36/h4-7,12-14,35H,8-11,15-16H2,1-3H3,(H2,29,30,31,32). The Labute approximate surface area is 227 Å². The number of nitrogens with one attached hydrogen (secondary N) is 2. The van der Waals surface area contributed by atoms with Crippen LogP contribution < -0.4 is 25.6 Å². The van der Waals surface area contributed by atoms with Crippen LogP contribution in [0, 0.1) is 5.41 Å². The van der Waals surface area contributed by atoms with Gasteiger partial charge in [-0.3, -0.25) is 4.79 Å². The second kappa shape index (κ2) is 10.1. The molecule has 1 saturated heterocycles. The number of methoxy groups -OCH3 is 1. The van der Waals surface area contributed by atoms with Crippen molar-refractivity contribution in [3.05, 3.63) is 47.6 Å². The van der Waals surface area contributed by atoms with E-state index < -0.39 is 7.14 Å². The highest BCUT2D eigenvalue weighted by atomic mass is 35.5. The van der Waals surface area contributed by atoms with Gasteiger partial charge in [-0.1, -0.05) is 23.7 Å². The van der Waals surface area contributed by atoms with E-state index in [9.17, 15) is 14.5 Å². The van der Waals surface area contributed by atoms with Crippen LogP contribution in [0.25, 0.3) is 0 Å². The maximum atomic E-state index is 12.8. The summed E-state index contributed by atoms with van der Waals surface area (Å²) in [6, 6.07) is 10.7. The van der Waals surface area contributed by atoms with Crippen LogP contribution in [0.3, 0.4) is 0 Å². The molecule has 1 spiro atoms. The number of para-hydroxylation sites is 1. The van der Waals surface area contributed by atoms with Crippen molar-refractivity contribution in [2.24, 2.45) is 5.41 Å². The number of ketones is 1. The lowest BCUT2D eigenvalue weighted by Crippen LogP contribution is -2.57. The summed E-state index contributed by atoms with van der Waals surface area (Å²) in [4.78, 5) is 22.5. The molecule has 0 bridgehead atoms. The van der Waals surface area contributed by atoms with E-state index in [4.69, 9.17) is 16.3 Å². The summed E-state index contributed by atoms with van der Waals surface area (Å²) in [7, 11) is -0.982. The summed E-state index contributed by atoms with van der Waals surface area (Å²) in [6.07, 6.45) is 4.57. The van der Waals surface area contributed by atoms with Crippen molar-refractivity contribution in [3.8, 4) is 11.5 Å². The van der Waals surface area contributed by atoms with E-state index in [2.05, 4.69) is 25.5 Å². The van der Waals surface area contributed by atoms with Gasteiger partial charge >= 0.3 is 0 Å². The van der Waals surface area contributed by atoms with E-state index in [1.165, 1.54) is 6.20 Å². The maximum absolute atomic E-state index is 12.8. The summed E-state index contributed by atoms with van der Waals surface area (Å²) in [5.74, 6) is 1.57. The van der Waals surface area contributed by atoms with Gasteiger partial charge in [0.25, 0.3) is 0 Å². The number of carbonyl (C=O) groups excluding carboxylic acids is 1. The van der Waals surface area contributed by atoms with Gasteiger partial charge in [-0.2, -0.15) is 4.98 Å². The molecule has 9 nitrogen and oxygen atoms in total. The van der Waals surface area contributed by atoms with Crippen LogP contribution in [0.5, 0.6) is 11.5 Å². The fraction of sp³-hybridized carbons (Fsp3) is 0.370. The summed E-state index contributed by atoms with van der Waals surface area (Å²) in [6.45, 7) is 5.03. The maximum Gasteiger partial charge on any atom is 0.229 e. The van der Waals surface area contributed by atoms with Gasteiger partial charge in [0.15, 0.2) is 5.82 Å². The van der Waals surface area contributed by atoms with Gasteiger partial charge < -0.3 is 29.9 Å². The molecule has 5 rings (SSSR count). The molecule has 1 aliphatic carbocycles. The normalized spacial score (nSPS) is 16.7. The Morgan fingerprint density at radius 3 is 2.50 bits per heavy atom. The highest BCUT2D eigenvalue weighted by molar-refractivity contribution is 7.70. The average molecular weight is 556 g/mol. The van der Waals surface area contributed by atoms with Crippen LogP contribution in [0.15, 0.2) is 42.6 Å². The molecule has 0 unspecified atom stereocenters. The van der Waals surface area contributed by atoms with Crippen LogP contribution >= 0.6 is 18.7 Å². The number of carbonyl (C=O) groups is 1. The summed E-state index contributed by atoms with van der Waals surface area (Å²) in [5, 5.41) is 18.1. The van der Waals surface area contributed by atoms with Crippen LogP contribution in [0.4, 0.5) is 28.8 Å². The quantitative estimate of drug-likeness (QED) is 0.323. The number of anilines is 5. The fourth-order valence-electron chi connectivity index (χ4n) is 5.20. The van der Waals surface area contributed by atoms with Crippen molar-refractivity contribution in [2.45, 2.75) is 25.7 Å². The highest BCUT2D eigenvalue weighted by Crippen LogP contribution is 2.48. The number of phenolic OH excluding ortho intramolecular Hbond substituents is 1. The van der Waals surface area contributed by atoms with Crippen molar-refractivity contribution in [2.75, 3.05) is 49.1 Å². The lowest BCUT2D eigenvalue weighted by atomic mass is 9.68. The number of Topliss-reactive ketones (excluding diaryl/α,β-unsaturated/α-hetero) is 1. The number of hydrogen-bond donors (Lipinski definition) is 3. The molecular weight excluding hydrogens is 525 g/mol. The number of aromatic hydroxyl groups is 1. The zero-order chi connectivity index (χ0) is 27.1. The van der Waals surface area contributed by atoms with E-state index in [1.54, 1.807) is 32.6 Å². The third-order valence-corrected chi connectivity index (χ3v) is 9.11. The molecule has 0 atom stereocenters. The molecule has 38 heavy (non-hydrogen) atoms. The summed E-state index contributed by atoms with van der Waals surface area (Å²) < 4.78 is 18.4. The van der Waals surface area contributed by atoms with Crippen molar-refractivity contribution in [1.82, 2.24) is 9.97 Å². The van der Waals surface area contributed by atoms with E-state index >= 15 is 0 Å². The number of aromatic nitrogens is 2. The zero-order valence-electron chi connectivity index (χ0n) is 21.6. The molecule has 2 aliphatic rings. The molecule has 1 saturated carbocycles. The Hall–Kier alpha value is -3.29. The summed E-state index contributed by atoms with van der Waals surface area (Å²) >= 11 is 6.37. The number of phenols is 1. The predicted octanol–water partition coefficient (Wildman–Crippen LogP) is 5.53. The minimum absolute atomic E-state index is 0.109. The monoisotopic (exact) mass is 555 g/mol. The van der Waals surface area contributed by atoms with Crippen LogP contribution in [0.1, 0.15) is 25.7 Å². The Kier molecular flexibility index (Phi) is 7.01. The summed E-state index contributed by atoms with van der Waals surface area (Å²) in [5.41, 5.74) is 2.00. The molecule has 11 heteroatoms. The third kappa shape index (κ3) is 5.31. The van der Waals surface area contributed by atoms with E-state index in [1.807, 2.05) is 24.3 Å². The molecule has 2 aromatic carbocycles. The lowest BCUT2D eigenvalue weighted by molar-refractivity contribution is -0.122. The Morgan fingerprint density at radius 2 is 1.82 bits per heavy atom. The molecule has 1 aromatic heterocycles. The smallest absolute Gasteiger partial charge is 0.229 e. The van der Waals surface area contributed by atoms with Gasteiger partial charge in [-0.25, -0.2) is 4.98 Å². The number of halogens is 1. The molecule has 0 amide bonds. The van der Waals surface area contributed by atoms with Gasteiger partial charge in [0.2, 0.25) is 5.95 Å². The lowest BCUT2D eigenvalue weighted by Gasteiger charge is -2.53. The fourth-order valence-corrected chi connectivity index (χ4v) is 6.49. The molecule has 2 heterocycles. The van der Waals surface area contributed by atoms with Crippen LogP contribution in [-0.2, 0) is 9.36 Å². The molecular formula is C27H31ClN5O4P. The minimum atomic E-state index is -2.54. The zero-order valence-corrected chi connectivity index (χ0v) is 23.3. The molecule has 3 N–H and O–H groups in total. The predicted molar refractivity (Wildman–Crippen MR) is 152 cm³/mol. The third-order valence-electron chi connectivity index (χ3n) is 7.29. The first-order valence-electron chi connectivity index (χ1n) is 12.5. The SMILES string of the molecule is COc1cc(N2CC3(CCC(=O)CC3)C2)c(O)cc1Nc1ncc(Cl)c(Nc2ccccc2P(C)(C)=O)n1. The Morgan fingerprint density at radius 1 is 1.11 bits per heavy atom. The average Bonchev–Trinajstić information content (AvgIpc) is 2.85. The van der Waals surface area contributed by atoms with Gasteiger partial charge in [-0.05, 0) is 38.3 Å². The second-order valence-corrected chi connectivity index (χ2v) is 14.0. The van der Waals surface area contributed by atoms with Gasteiger partial charge in [0, 0.05) is 48.8 Å². The second-order valence-electron chi connectivity index (χ2n) is 10.4. The number of ether oxygens (including phenoxy) is 1. The number of nitrogens with zero attached hydrogens (tertiary/aromatic N) is 3. The van der Waals surface area contributed by atoms with Crippen molar-refractivity contribution in [1.29, 1.82) is 0 Å². The van der Waals surface area contributed by atoms with E-state index in [0.717, 1.165) is 25.9 Å². The van der Waals surface area contributed by atoms with Crippen molar-refractivity contribution >= 4 is 58.7 Å². The molecule has 3 aromatic rings. The topological polar surface area (TPSA) is 117 Å². The van der Waals surface area contributed by atoms with Crippen molar-refractivity contribution in [3.63, 3.8) is 0 Å². The molecule has 200 valence electrons.